The molecular weight excluding hydrogens is 361 g/mol. The first-order chi connectivity index (χ1) is 13.1. The van der Waals surface area contributed by atoms with Crippen LogP contribution >= 0.6 is 11.8 Å². The van der Waals surface area contributed by atoms with Gasteiger partial charge in [0.05, 0.1) is 7.11 Å². The van der Waals surface area contributed by atoms with Gasteiger partial charge in [-0.2, -0.15) is 0 Å². The number of nitrogens with zero attached hydrogens (tertiary/aromatic N) is 3. The van der Waals surface area contributed by atoms with Crippen LogP contribution in [0, 0.1) is 12.7 Å². The number of methoxy groups -OCH3 is 1. The summed E-state index contributed by atoms with van der Waals surface area (Å²) >= 11 is 1.62. The van der Waals surface area contributed by atoms with Gasteiger partial charge in [0.25, 0.3) is 0 Å². The Bertz CT molecular complexity index is 893. The highest BCUT2D eigenvalue weighted by Crippen LogP contribution is 2.22. The second-order valence-electron chi connectivity index (χ2n) is 6.53. The lowest BCUT2D eigenvalue weighted by molar-refractivity contribution is 0.411. The van der Waals surface area contributed by atoms with Gasteiger partial charge < -0.3 is 9.30 Å². The zero-order valence-corrected chi connectivity index (χ0v) is 16.7. The molecule has 2 aromatic carbocycles. The molecule has 6 heteroatoms. The first kappa shape index (κ1) is 19.4. The van der Waals surface area contributed by atoms with Gasteiger partial charge in [-0.25, -0.2) is 4.39 Å². The third-order valence-corrected chi connectivity index (χ3v) is 5.62. The molecule has 0 fully saturated rings. The van der Waals surface area contributed by atoms with E-state index in [-0.39, 0.29) is 5.82 Å². The fraction of sp³-hybridized carbons (Fsp3) is 0.333. The van der Waals surface area contributed by atoms with Crippen molar-refractivity contribution in [3.63, 3.8) is 0 Å². The van der Waals surface area contributed by atoms with E-state index in [1.807, 2.05) is 17.7 Å². The van der Waals surface area contributed by atoms with Crippen molar-refractivity contribution >= 4 is 11.8 Å². The first-order valence-corrected chi connectivity index (χ1v) is 9.94. The van der Waals surface area contributed by atoms with Crippen LogP contribution in [0.5, 0.6) is 5.75 Å². The third-order valence-electron chi connectivity index (χ3n) is 4.53. The van der Waals surface area contributed by atoms with Crippen LogP contribution in [0.1, 0.15) is 28.9 Å². The topological polar surface area (TPSA) is 39.9 Å². The Hall–Kier alpha value is -2.34. The second kappa shape index (κ2) is 9.04. The number of thioether (sulfide) groups is 1. The van der Waals surface area contributed by atoms with Crippen LogP contribution < -0.4 is 4.74 Å². The Kier molecular flexibility index (Phi) is 6.50. The normalized spacial score (nSPS) is 11.0. The largest absolute Gasteiger partial charge is 0.496 e. The molecule has 1 heterocycles. The summed E-state index contributed by atoms with van der Waals surface area (Å²) in [5.74, 6) is 2.45. The Morgan fingerprint density at radius 3 is 2.48 bits per heavy atom. The molecule has 4 nitrogen and oxygen atoms in total. The molecule has 0 bridgehead atoms. The van der Waals surface area contributed by atoms with Gasteiger partial charge in [0.1, 0.15) is 17.4 Å². The van der Waals surface area contributed by atoms with E-state index in [1.165, 1.54) is 17.7 Å². The Labute approximate surface area is 163 Å². The van der Waals surface area contributed by atoms with Crippen LogP contribution in [-0.2, 0) is 25.6 Å². The minimum atomic E-state index is -0.211. The predicted molar refractivity (Wildman–Crippen MR) is 107 cm³/mol. The highest BCUT2D eigenvalue weighted by molar-refractivity contribution is 7.98. The minimum absolute atomic E-state index is 0.211. The van der Waals surface area contributed by atoms with Crippen molar-refractivity contribution in [1.82, 2.24) is 14.8 Å². The number of rotatable bonds is 8. The third kappa shape index (κ3) is 5.10. The number of aryl methyl sites for hydroxylation is 3. The quantitative estimate of drug-likeness (QED) is 0.525. The van der Waals surface area contributed by atoms with Crippen LogP contribution in [-0.4, -0.2) is 21.9 Å². The molecule has 0 unspecified atom stereocenters. The van der Waals surface area contributed by atoms with Crippen LogP contribution in [0.4, 0.5) is 4.39 Å². The van der Waals surface area contributed by atoms with Crippen LogP contribution in [0.2, 0.25) is 0 Å². The number of benzene rings is 2. The highest BCUT2D eigenvalue weighted by Gasteiger charge is 2.10. The fourth-order valence-electron chi connectivity index (χ4n) is 2.96. The summed E-state index contributed by atoms with van der Waals surface area (Å²) in [5.41, 5.74) is 3.54. The van der Waals surface area contributed by atoms with E-state index < -0.39 is 0 Å². The summed E-state index contributed by atoms with van der Waals surface area (Å²) in [7, 11) is 3.70. The SMILES string of the molecule is COc1ccc(CCCc2nnc(SCc3ccc(F)cc3)n2C)cc1C. The summed E-state index contributed by atoms with van der Waals surface area (Å²) in [6, 6.07) is 12.9. The molecule has 0 aliphatic carbocycles. The summed E-state index contributed by atoms with van der Waals surface area (Å²) in [6.45, 7) is 2.07. The Morgan fingerprint density at radius 2 is 1.78 bits per heavy atom. The molecule has 1 aromatic heterocycles. The molecule has 0 atom stereocenters. The molecule has 0 radical (unpaired) electrons. The van der Waals surface area contributed by atoms with E-state index in [4.69, 9.17) is 4.74 Å². The van der Waals surface area contributed by atoms with Gasteiger partial charge in [-0.1, -0.05) is 36.0 Å². The average Bonchev–Trinajstić information content (AvgIpc) is 3.01. The standard InChI is InChI=1S/C21H24FN3OS/c1-15-13-16(9-12-19(15)26-3)5-4-6-20-23-24-21(25(20)2)27-14-17-7-10-18(22)11-8-17/h7-13H,4-6,14H2,1-3H3. The molecule has 0 saturated carbocycles. The molecule has 0 saturated heterocycles. The number of hydrogen-bond donors (Lipinski definition) is 0. The minimum Gasteiger partial charge on any atom is -0.496 e. The van der Waals surface area contributed by atoms with E-state index in [0.29, 0.717) is 0 Å². The summed E-state index contributed by atoms with van der Waals surface area (Å²) in [5, 5.41) is 9.51. The lowest BCUT2D eigenvalue weighted by Gasteiger charge is -2.07. The number of ether oxygens (including phenoxy) is 1. The molecule has 0 aliphatic rings. The van der Waals surface area contributed by atoms with Gasteiger partial charge in [-0.15, -0.1) is 10.2 Å². The molecule has 0 spiro atoms. The molecule has 27 heavy (non-hydrogen) atoms. The molecular formula is C21H24FN3OS. The van der Waals surface area contributed by atoms with E-state index in [9.17, 15) is 4.39 Å². The zero-order chi connectivity index (χ0) is 19.2. The Morgan fingerprint density at radius 1 is 1.04 bits per heavy atom. The van der Waals surface area contributed by atoms with Crippen molar-refractivity contribution in [3.05, 3.63) is 70.8 Å². The Balaban J connectivity index is 1.52. The maximum Gasteiger partial charge on any atom is 0.191 e. The molecule has 0 N–H and O–H groups in total. The average molecular weight is 386 g/mol. The first-order valence-electron chi connectivity index (χ1n) is 8.96. The summed E-state index contributed by atoms with van der Waals surface area (Å²) in [4.78, 5) is 0. The van der Waals surface area contributed by atoms with Gasteiger partial charge in [0, 0.05) is 19.2 Å². The highest BCUT2D eigenvalue weighted by atomic mass is 32.2. The van der Waals surface area contributed by atoms with E-state index in [1.54, 1.807) is 31.0 Å². The zero-order valence-electron chi connectivity index (χ0n) is 15.9. The van der Waals surface area contributed by atoms with Gasteiger partial charge in [-0.3, -0.25) is 0 Å². The van der Waals surface area contributed by atoms with Crippen LogP contribution in [0.3, 0.4) is 0 Å². The van der Waals surface area contributed by atoms with Crippen molar-refractivity contribution in [2.45, 2.75) is 37.1 Å². The molecule has 0 aliphatic heterocycles. The van der Waals surface area contributed by atoms with Crippen molar-refractivity contribution in [2.75, 3.05) is 7.11 Å². The second-order valence-corrected chi connectivity index (χ2v) is 7.47. The van der Waals surface area contributed by atoms with Gasteiger partial charge in [0.2, 0.25) is 0 Å². The summed E-state index contributed by atoms with van der Waals surface area (Å²) < 4.78 is 20.3. The van der Waals surface area contributed by atoms with Gasteiger partial charge >= 0.3 is 0 Å². The fourth-order valence-corrected chi connectivity index (χ4v) is 3.85. The lowest BCUT2D eigenvalue weighted by Crippen LogP contribution is -2.01. The van der Waals surface area contributed by atoms with Crippen molar-refractivity contribution in [2.24, 2.45) is 7.05 Å². The molecule has 3 aromatic rings. The van der Waals surface area contributed by atoms with Gasteiger partial charge in [0.15, 0.2) is 5.16 Å². The van der Waals surface area contributed by atoms with Crippen molar-refractivity contribution in [3.8, 4) is 5.75 Å². The number of aromatic nitrogens is 3. The van der Waals surface area contributed by atoms with Crippen LogP contribution in [0.25, 0.3) is 0 Å². The van der Waals surface area contributed by atoms with E-state index in [0.717, 1.165) is 52.9 Å². The van der Waals surface area contributed by atoms with Crippen LogP contribution in [0.15, 0.2) is 47.6 Å². The maximum absolute atomic E-state index is 13.0. The van der Waals surface area contributed by atoms with E-state index >= 15 is 0 Å². The predicted octanol–water partition coefficient (Wildman–Crippen LogP) is 4.74. The molecule has 3 rings (SSSR count). The van der Waals surface area contributed by atoms with E-state index in [2.05, 4.69) is 29.3 Å². The van der Waals surface area contributed by atoms with Gasteiger partial charge in [-0.05, 0) is 54.7 Å². The molecule has 142 valence electrons. The van der Waals surface area contributed by atoms with Crippen molar-refractivity contribution < 1.29 is 9.13 Å². The lowest BCUT2D eigenvalue weighted by atomic mass is 10.0. The number of halogens is 1. The summed E-state index contributed by atoms with van der Waals surface area (Å²) in [6.07, 6.45) is 2.89. The van der Waals surface area contributed by atoms with Crippen molar-refractivity contribution in [1.29, 1.82) is 0 Å². The monoisotopic (exact) mass is 385 g/mol. The smallest absolute Gasteiger partial charge is 0.191 e. The maximum atomic E-state index is 13.0. The number of hydrogen-bond acceptors (Lipinski definition) is 4. The molecule has 0 amide bonds.